The average molecular weight is 257 g/mol. The van der Waals surface area contributed by atoms with Crippen molar-refractivity contribution in [2.45, 2.75) is 32.4 Å². The summed E-state index contributed by atoms with van der Waals surface area (Å²) in [5.41, 5.74) is 0. The quantitative estimate of drug-likeness (QED) is 0.585. The largest absolute Gasteiger partial charge is 0.379 e. The Labute approximate surface area is 108 Å². The Bertz CT molecular complexity index is 294. The van der Waals surface area contributed by atoms with E-state index in [1.54, 1.807) is 0 Å². The zero-order chi connectivity index (χ0) is 13.5. The number of hydrogen-bond donors (Lipinski definition) is 3. The predicted octanol–water partition coefficient (Wildman–Crippen LogP) is -0.748. The fraction of sp³-hybridized carbons (Fsp3) is 0.833. The van der Waals surface area contributed by atoms with Crippen LogP contribution in [0.25, 0.3) is 0 Å². The molecule has 1 rings (SSSR count). The van der Waals surface area contributed by atoms with Crippen LogP contribution in [0.15, 0.2) is 0 Å². The van der Waals surface area contributed by atoms with Crippen LogP contribution in [-0.4, -0.2) is 50.7 Å². The summed E-state index contributed by atoms with van der Waals surface area (Å²) >= 11 is 0. The van der Waals surface area contributed by atoms with Crippen LogP contribution in [0.5, 0.6) is 0 Å². The average Bonchev–Trinajstić information content (AvgIpc) is 2.75. The van der Waals surface area contributed by atoms with E-state index < -0.39 is 0 Å². The zero-order valence-corrected chi connectivity index (χ0v) is 11.3. The van der Waals surface area contributed by atoms with Crippen molar-refractivity contribution in [1.29, 1.82) is 0 Å². The van der Waals surface area contributed by atoms with Crippen molar-refractivity contribution >= 4 is 11.8 Å². The summed E-state index contributed by atoms with van der Waals surface area (Å²) in [4.78, 5) is 23.2. The zero-order valence-electron chi connectivity index (χ0n) is 11.3. The maximum Gasteiger partial charge on any atom is 0.227 e. The third kappa shape index (κ3) is 4.62. The molecule has 0 aromatic rings. The Balaban J connectivity index is 2.23. The highest BCUT2D eigenvalue weighted by atomic mass is 16.5. The van der Waals surface area contributed by atoms with E-state index in [0.29, 0.717) is 26.2 Å². The van der Waals surface area contributed by atoms with Crippen LogP contribution >= 0.6 is 0 Å². The third-order valence-corrected chi connectivity index (χ3v) is 2.89. The molecule has 0 aliphatic carbocycles. The second-order valence-corrected chi connectivity index (χ2v) is 4.80. The van der Waals surface area contributed by atoms with Gasteiger partial charge < -0.3 is 20.7 Å². The topological polar surface area (TPSA) is 79.5 Å². The van der Waals surface area contributed by atoms with Gasteiger partial charge in [0, 0.05) is 25.0 Å². The lowest BCUT2D eigenvalue weighted by atomic mass is 10.0. The van der Waals surface area contributed by atoms with Gasteiger partial charge in [0.05, 0.1) is 19.1 Å². The normalized spacial score (nSPS) is 23.1. The van der Waals surface area contributed by atoms with Gasteiger partial charge in [0.25, 0.3) is 0 Å². The molecular weight excluding hydrogens is 234 g/mol. The molecule has 0 spiro atoms. The van der Waals surface area contributed by atoms with E-state index in [9.17, 15) is 9.59 Å². The van der Waals surface area contributed by atoms with Gasteiger partial charge >= 0.3 is 0 Å². The standard InChI is InChI=1S/C12H23N3O3/c1-8(2)15-11(16)4-5-14-12(17)9-6-18-7-10(9)13-3/h8-10,13H,4-7H2,1-3H3,(H,14,17)(H,15,16). The molecule has 3 N–H and O–H groups in total. The molecule has 0 saturated carbocycles. The van der Waals surface area contributed by atoms with Crippen LogP contribution < -0.4 is 16.0 Å². The molecule has 0 aromatic heterocycles. The molecule has 1 aliphatic heterocycles. The van der Waals surface area contributed by atoms with E-state index in [2.05, 4.69) is 16.0 Å². The Hall–Kier alpha value is -1.14. The summed E-state index contributed by atoms with van der Waals surface area (Å²) in [6, 6.07) is 0.194. The number of hydrogen-bond acceptors (Lipinski definition) is 4. The molecule has 2 unspecified atom stereocenters. The van der Waals surface area contributed by atoms with Crippen molar-refractivity contribution in [3.63, 3.8) is 0 Å². The molecule has 1 heterocycles. The van der Waals surface area contributed by atoms with Gasteiger partial charge in [-0.25, -0.2) is 0 Å². The highest BCUT2D eigenvalue weighted by molar-refractivity contribution is 5.81. The molecule has 1 saturated heterocycles. The lowest BCUT2D eigenvalue weighted by molar-refractivity contribution is -0.125. The van der Waals surface area contributed by atoms with E-state index in [1.165, 1.54) is 0 Å². The summed E-state index contributed by atoms with van der Waals surface area (Å²) < 4.78 is 5.26. The molecule has 1 aliphatic rings. The molecule has 0 radical (unpaired) electrons. The second-order valence-electron chi connectivity index (χ2n) is 4.80. The number of ether oxygens (including phenoxy) is 1. The number of carbonyl (C=O) groups is 2. The van der Waals surface area contributed by atoms with E-state index in [4.69, 9.17) is 4.74 Å². The van der Waals surface area contributed by atoms with Gasteiger partial charge in [-0.15, -0.1) is 0 Å². The number of nitrogens with one attached hydrogen (secondary N) is 3. The summed E-state index contributed by atoms with van der Waals surface area (Å²) in [5.74, 6) is -0.259. The minimum absolute atomic E-state index is 0.0434. The van der Waals surface area contributed by atoms with Crippen molar-refractivity contribution in [3.05, 3.63) is 0 Å². The fourth-order valence-electron chi connectivity index (χ4n) is 1.92. The number of carbonyl (C=O) groups excluding carboxylic acids is 2. The SMILES string of the molecule is CNC1COCC1C(=O)NCCC(=O)NC(C)C. The van der Waals surface area contributed by atoms with Crippen molar-refractivity contribution in [3.8, 4) is 0 Å². The monoisotopic (exact) mass is 257 g/mol. The Morgan fingerprint density at radius 2 is 2.06 bits per heavy atom. The van der Waals surface area contributed by atoms with Crippen LogP contribution in [0, 0.1) is 5.92 Å². The summed E-state index contributed by atoms with van der Waals surface area (Å²) in [7, 11) is 1.82. The van der Waals surface area contributed by atoms with Crippen LogP contribution in [0.1, 0.15) is 20.3 Å². The molecular formula is C12H23N3O3. The third-order valence-electron chi connectivity index (χ3n) is 2.89. The van der Waals surface area contributed by atoms with Gasteiger partial charge in [-0.05, 0) is 20.9 Å². The van der Waals surface area contributed by atoms with E-state index in [1.807, 2.05) is 20.9 Å². The van der Waals surface area contributed by atoms with Crippen molar-refractivity contribution < 1.29 is 14.3 Å². The number of amides is 2. The van der Waals surface area contributed by atoms with Gasteiger partial charge in [0.15, 0.2) is 0 Å². The van der Waals surface area contributed by atoms with Gasteiger partial charge in [0.2, 0.25) is 11.8 Å². The summed E-state index contributed by atoms with van der Waals surface area (Å²) in [6.07, 6.45) is 0.307. The number of rotatable bonds is 6. The molecule has 6 heteroatoms. The predicted molar refractivity (Wildman–Crippen MR) is 68.1 cm³/mol. The first-order valence-corrected chi connectivity index (χ1v) is 6.36. The lowest BCUT2D eigenvalue weighted by Crippen LogP contribution is -2.43. The maximum absolute atomic E-state index is 11.9. The van der Waals surface area contributed by atoms with E-state index >= 15 is 0 Å². The van der Waals surface area contributed by atoms with E-state index in [0.717, 1.165) is 0 Å². The molecule has 6 nitrogen and oxygen atoms in total. The number of likely N-dealkylation sites (N-methyl/N-ethyl adjacent to an activating group) is 1. The highest BCUT2D eigenvalue weighted by Crippen LogP contribution is 2.13. The molecule has 0 aromatic carbocycles. The van der Waals surface area contributed by atoms with Crippen molar-refractivity contribution in [1.82, 2.24) is 16.0 Å². The van der Waals surface area contributed by atoms with Crippen molar-refractivity contribution in [2.24, 2.45) is 5.92 Å². The minimum Gasteiger partial charge on any atom is -0.379 e. The molecule has 2 amide bonds. The molecule has 18 heavy (non-hydrogen) atoms. The lowest BCUT2D eigenvalue weighted by Gasteiger charge is -2.16. The van der Waals surface area contributed by atoms with Crippen LogP contribution in [-0.2, 0) is 14.3 Å². The molecule has 104 valence electrons. The summed E-state index contributed by atoms with van der Waals surface area (Å²) in [6.45, 7) is 5.18. The fourth-order valence-corrected chi connectivity index (χ4v) is 1.92. The minimum atomic E-state index is -0.164. The Kier molecular flexibility index (Phi) is 6.07. The maximum atomic E-state index is 11.9. The Morgan fingerprint density at radius 3 is 2.67 bits per heavy atom. The van der Waals surface area contributed by atoms with Crippen LogP contribution in [0.4, 0.5) is 0 Å². The molecule has 2 atom stereocenters. The van der Waals surface area contributed by atoms with Crippen LogP contribution in [0.3, 0.4) is 0 Å². The van der Waals surface area contributed by atoms with Gasteiger partial charge in [-0.2, -0.15) is 0 Å². The molecule has 1 fully saturated rings. The first kappa shape index (κ1) is 14.9. The van der Waals surface area contributed by atoms with Crippen LogP contribution in [0.2, 0.25) is 0 Å². The Morgan fingerprint density at radius 1 is 1.33 bits per heavy atom. The van der Waals surface area contributed by atoms with Gasteiger partial charge in [-0.3, -0.25) is 9.59 Å². The van der Waals surface area contributed by atoms with Crippen molar-refractivity contribution in [2.75, 3.05) is 26.8 Å². The first-order valence-electron chi connectivity index (χ1n) is 6.36. The molecule has 0 bridgehead atoms. The smallest absolute Gasteiger partial charge is 0.227 e. The van der Waals surface area contributed by atoms with Gasteiger partial charge in [0.1, 0.15) is 0 Å². The summed E-state index contributed by atoms with van der Waals surface area (Å²) in [5, 5.41) is 8.61. The van der Waals surface area contributed by atoms with E-state index in [-0.39, 0.29) is 29.8 Å². The second kappa shape index (κ2) is 7.33. The highest BCUT2D eigenvalue weighted by Gasteiger charge is 2.32. The first-order chi connectivity index (χ1) is 8.54. The van der Waals surface area contributed by atoms with Gasteiger partial charge in [-0.1, -0.05) is 0 Å².